The summed E-state index contributed by atoms with van der Waals surface area (Å²) in [6, 6.07) is 104. The lowest BCUT2D eigenvalue weighted by Gasteiger charge is -2.34. The van der Waals surface area contributed by atoms with Gasteiger partial charge in [-0.05, 0) is 155 Å². The highest BCUT2D eigenvalue weighted by Crippen LogP contribution is 2.56. The molecule has 0 saturated heterocycles. The van der Waals surface area contributed by atoms with E-state index in [1.807, 2.05) is 0 Å². The molecule has 0 fully saturated rings. The zero-order valence-corrected chi connectivity index (χ0v) is 42.5. The average molecular weight is 969 g/mol. The van der Waals surface area contributed by atoms with Crippen LogP contribution in [0.1, 0.15) is 47.2 Å². The zero-order chi connectivity index (χ0) is 50.5. The van der Waals surface area contributed by atoms with Crippen LogP contribution in [0.3, 0.4) is 0 Å². The van der Waals surface area contributed by atoms with Crippen molar-refractivity contribution in [2.45, 2.75) is 24.7 Å². The Bertz CT molecular complexity index is 4360. The maximum atomic E-state index is 2.44. The van der Waals surface area contributed by atoms with Crippen molar-refractivity contribution in [1.29, 1.82) is 0 Å². The first-order valence-electron chi connectivity index (χ1n) is 26.6. The molecule has 2 aliphatic rings. The topological polar surface area (TPSA) is 8.17 Å². The minimum atomic E-state index is -0.442. The molecular weight excluding hydrogens is 917 g/mol. The van der Waals surface area contributed by atoms with Crippen molar-refractivity contribution in [3.63, 3.8) is 0 Å². The first kappa shape index (κ1) is 44.0. The maximum Gasteiger partial charge on any atom is 0.0713 e. The number of nitrogens with zero attached hydrogens (tertiary/aromatic N) is 2. The molecule has 12 aromatic carbocycles. The van der Waals surface area contributed by atoms with Crippen LogP contribution in [0.4, 0.5) is 17.1 Å². The molecule has 0 bridgehead atoms. The van der Waals surface area contributed by atoms with Crippen LogP contribution in [0.5, 0.6) is 0 Å². The third-order valence-electron chi connectivity index (χ3n) is 16.9. The fourth-order valence-electron chi connectivity index (χ4n) is 13.4. The van der Waals surface area contributed by atoms with Gasteiger partial charge in [0.2, 0.25) is 0 Å². The number of anilines is 3. The number of fused-ring (bicyclic) bond motifs is 10. The van der Waals surface area contributed by atoms with Crippen LogP contribution in [-0.2, 0) is 10.8 Å². The highest BCUT2D eigenvalue weighted by molar-refractivity contribution is 6.10. The fourth-order valence-corrected chi connectivity index (χ4v) is 13.4. The second-order valence-electron chi connectivity index (χ2n) is 21.2. The molecule has 2 aliphatic carbocycles. The minimum Gasteiger partial charge on any atom is -0.310 e. The SMILES string of the molecule is CC1(C)c2ccccc2-c2ccc(N(c3ccc(-c4ccc5c(c4)c4ccccc4n5-c4ccc(C5(c6ccccc6)c6ccccc6-c6ccccc65)cc4)cc3)c3ccc(-c4cccc5ccccc45)cc3)cc21. The molecule has 0 amide bonds. The van der Waals surface area contributed by atoms with Crippen molar-refractivity contribution in [3.8, 4) is 50.2 Å². The molecule has 13 aromatic rings. The number of aromatic nitrogens is 1. The molecule has 0 unspecified atom stereocenters. The molecule has 0 saturated carbocycles. The minimum absolute atomic E-state index is 0.124. The number of benzene rings is 12. The Kier molecular flexibility index (Phi) is 9.86. The standard InChI is InChI=1S/C74H52N2/c1-73(2)67-27-12-8-22-61(67)64-45-44-58(48-70(64)73)75(56-40-33-51(34-41-56)60-26-16-18-50-17-6-7-21-59(50)60)55-38-31-49(32-39-55)52-35-46-72-66(47-52)65-25-11-15-30-71(65)76(72)57-42-36-54(37-43-57)74(53-19-4-3-5-20-53)68-28-13-9-23-62(68)63-24-10-14-29-69(63)74/h3-48H,1-2H3. The predicted octanol–water partition coefficient (Wildman–Crippen LogP) is 19.4. The normalized spacial score (nSPS) is 13.6. The van der Waals surface area contributed by atoms with Gasteiger partial charge in [0, 0.05) is 38.9 Å². The summed E-state index contributed by atoms with van der Waals surface area (Å²) in [7, 11) is 0. The van der Waals surface area contributed by atoms with Crippen LogP contribution in [0.2, 0.25) is 0 Å². The summed E-state index contributed by atoms with van der Waals surface area (Å²) in [4.78, 5) is 2.42. The van der Waals surface area contributed by atoms with Gasteiger partial charge in [0.1, 0.15) is 0 Å². The van der Waals surface area contributed by atoms with E-state index in [0.29, 0.717) is 0 Å². The summed E-state index contributed by atoms with van der Waals surface area (Å²) < 4.78 is 2.44. The molecule has 0 aliphatic heterocycles. The van der Waals surface area contributed by atoms with Crippen molar-refractivity contribution < 1.29 is 0 Å². The van der Waals surface area contributed by atoms with Gasteiger partial charge in [-0.15, -0.1) is 0 Å². The van der Waals surface area contributed by atoms with Gasteiger partial charge in [-0.3, -0.25) is 0 Å². The van der Waals surface area contributed by atoms with Crippen LogP contribution in [0.25, 0.3) is 82.8 Å². The van der Waals surface area contributed by atoms with E-state index in [-0.39, 0.29) is 5.41 Å². The van der Waals surface area contributed by atoms with Crippen LogP contribution in [0, 0.1) is 0 Å². The Morgan fingerprint density at radius 3 is 1.51 bits per heavy atom. The van der Waals surface area contributed by atoms with E-state index in [1.165, 1.54) is 110 Å². The Hall–Kier alpha value is -9.50. The van der Waals surface area contributed by atoms with Gasteiger partial charge in [-0.1, -0.05) is 226 Å². The summed E-state index contributed by atoms with van der Waals surface area (Å²) in [5, 5.41) is 4.98. The molecule has 15 rings (SSSR count). The number of hydrogen-bond acceptors (Lipinski definition) is 1. The number of hydrogen-bond donors (Lipinski definition) is 0. The highest BCUT2D eigenvalue weighted by atomic mass is 15.1. The molecule has 0 atom stereocenters. The van der Waals surface area contributed by atoms with Gasteiger partial charge in [0.05, 0.1) is 16.4 Å². The van der Waals surface area contributed by atoms with Crippen LogP contribution < -0.4 is 4.90 Å². The largest absolute Gasteiger partial charge is 0.310 e. The summed E-state index contributed by atoms with van der Waals surface area (Å²) in [5.74, 6) is 0. The Morgan fingerprint density at radius 2 is 0.803 bits per heavy atom. The van der Waals surface area contributed by atoms with Gasteiger partial charge < -0.3 is 9.47 Å². The van der Waals surface area contributed by atoms with Crippen molar-refractivity contribution in [3.05, 3.63) is 312 Å². The molecule has 2 heteroatoms. The molecule has 358 valence electrons. The third kappa shape index (κ3) is 6.53. The molecule has 2 nitrogen and oxygen atoms in total. The Morgan fingerprint density at radius 1 is 0.303 bits per heavy atom. The predicted molar refractivity (Wildman–Crippen MR) is 319 cm³/mol. The van der Waals surface area contributed by atoms with Crippen LogP contribution in [-0.4, -0.2) is 4.57 Å². The van der Waals surface area contributed by atoms with Gasteiger partial charge in [0.25, 0.3) is 0 Å². The summed E-state index contributed by atoms with van der Waals surface area (Å²) in [6.07, 6.45) is 0. The molecular formula is C74H52N2. The molecule has 0 N–H and O–H groups in total. The first-order valence-corrected chi connectivity index (χ1v) is 26.6. The fraction of sp³-hybridized carbons (Fsp3) is 0.0541. The van der Waals surface area contributed by atoms with Gasteiger partial charge in [-0.2, -0.15) is 0 Å². The maximum absolute atomic E-state index is 2.44. The lowest BCUT2D eigenvalue weighted by molar-refractivity contribution is 0.660. The summed E-state index contributed by atoms with van der Waals surface area (Å²) in [5.41, 5.74) is 24.3. The van der Waals surface area contributed by atoms with E-state index in [0.717, 1.165) is 22.7 Å². The van der Waals surface area contributed by atoms with Crippen molar-refractivity contribution in [2.24, 2.45) is 0 Å². The first-order chi connectivity index (χ1) is 37.4. The van der Waals surface area contributed by atoms with Gasteiger partial charge >= 0.3 is 0 Å². The summed E-state index contributed by atoms with van der Waals surface area (Å²) >= 11 is 0. The van der Waals surface area contributed by atoms with E-state index >= 15 is 0 Å². The molecule has 1 heterocycles. The van der Waals surface area contributed by atoms with Gasteiger partial charge in [-0.25, -0.2) is 0 Å². The van der Waals surface area contributed by atoms with E-state index in [4.69, 9.17) is 0 Å². The Balaban J connectivity index is 0.809. The van der Waals surface area contributed by atoms with E-state index in [9.17, 15) is 0 Å². The summed E-state index contributed by atoms with van der Waals surface area (Å²) in [6.45, 7) is 4.72. The lowest BCUT2D eigenvalue weighted by Crippen LogP contribution is -2.28. The Labute approximate surface area is 444 Å². The van der Waals surface area contributed by atoms with Crippen molar-refractivity contribution in [1.82, 2.24) is 4.57 Å². The van der Waals surface area contributed by atoms with Crippen LogP contribution in [0.15, 0.2) is 279 Å². The van der Waals surface area contributed by atoms with Crippen molar-refractivity contribution >= 4 is 49.6 Å². The quantitative estimate of drug-likeness (QED) is 0.147. The molecule has 76 heavy (non-hydrogen) atoms. The van der Waals surface area contributed by atoms with E-state index in [2.05, 4.69) is 302 Å². The lowest BCUT2D eigenvalue weighted by atomic mass is 9.68. The van der Waals surface area contributed by atoms with Crippen LogP contribution >= 0.6 is 0 Å². The third-order valence-corrected chi connectivity index (χ3v) is 16.9. The number of para-hydroxylation sites is 1. The second-order valence-corrected chi connectivity index (χ2v) is 21.2. The second kappa shape index (κ2) is 17.0. The average Bonchev–Trinajstić information content (AvgIpc) is 4.21. The molecule has 1 aromatic heterocycles. The molecule has 0 spiro atoms. The van der Waals surface area contributed by atoms with Crippen molar-refractivity contribution in [2.75, 3.05) is 4.90 Å². The molecule has 0 radical (unpaired) electrons. The van der Waals surface area contributed by atoms with E-state index in [1.54, 1.807) is 0 Å². The highest BCUT2D eigenvalue weighted by Gasteiger charge is 2.46. The van der Waals surface area contributed by atoms with E-state index < -0.39 is 5.41 Å². The van der Waals surface area contributed by atoms with Gasteiger partial charge in [0.15, 0.2) is 0 Å². The smallest absolute Gasteiger partial charge is 0.0713 e. The monoisotopic (exact) mass is 968 g/mol. The number of rotatable bonds is 8. The zero-order valence-electron chi connectivity index (χ0n) is 42.5.